The lowest BCUT2D eigenvalue weighted by atomic mass is 10.1. The molecule has 0 saturated carbocycles. The van der Waals surface area contributed by atoms with Crippen LogP contribution >= 0.6 is 0 Å². The van der Waals surface area contributed by atoms with E-state index in [4.69, 9.17) is 4.42 Å². The van der Waals surface area contributed by atoms with Crippen LogP contribution in [0.2, 0.25) is 0 Å². The van der Waals surface area contributed by atoms with Crippen molar-refractivity contribution in [2.45, 2.75) is 13.3 Å². The van der Waals surface area contributed by atoms with Crippen molar-refractivity contribution in [1.82, 2.24) is 0 Å². The second-order valence-corrected chi connectivity index (χ2v) is 5.48. The number of nitrogens with one attached hydrogen (secondary N) is 2. The van der Waals surface area contributed by atoms with Crippen LogP contribution < -0.4 is 10.6 Å². The molecule has 0 aliphatic rings. The zero-order valence-corrected chi connectivity index (χ0v) is 13.8. The molecule has 0 bridgehead atoms. The monoisotopic (exact) mass is 334 g/mol. The van der Waals surface area contributed by atoms with Gasteiger partial charge in [0.25, 0.3) is 11.8 Å². The zero-order valence-electron chi connectivity index (χ0n) is 13.8. The Morgan fingerprint density at radius 2 is 1.76 bits per heavy atom. The molecule has 3 rings (SSSR count). The molecule has 5 nitrogen and oxygen atoms in total. The molecule has 2 aromatic carbocycles. The molecule has 0 saturated heterocycles. The Morgan fingerprint density at radius 3 is 2.52 bits per heavy atom. The molecule has 0 unspecified atom stereocenters. The summed E-state index contributed by atoms with van der Waals surface area (Å²) in [4.78, 5) is 24.5. The molecular formula is C20H18N2O3. The van der Waals surface area contributed by atoms with E-state index in [0.29, 0.717) is 11.3 Å². The molecule has 1 aromatic heterocycles. The van der Waals surface area contributed by atoms with Crippen LogP contribution in [0.1, 0.15) is 33.4 Å². The van der Waals surface area contributed by atoms with Crippen molar-refractivity contribution < 1.29 is 14.0 Å². The summed E-state index contributed by atoms with van der Waals surface area (Å²) in [7, 11) is 0. The molecule has 0 fully saturated rings. The second kappa shape index (κ2) is 7.49. The van der Waals surface area contributed by atoms with Crippen LogP contribution in [-0.2, 0) is 6.42 Å². The molecule has 2 amide bonds. The summed E-state index contributed by atoms with van der Waals surface area (Å²) in [6.07, 6.45) is 2.26. The molecule has 0 spiro atoms. The molecule has 126 valence electrons. The molecule has 2 N–H and O–H groups in total. The molecule has 25 heavy (non-hydrogen) atoms. The minimum Gasteiger partial charge on any atom is -0.459 e. The summed E-state index contributed by atoms with van der Waals surface area (Å²) in [5.41, 5.74) is 2.85. The van der Waals surface area contributed by atoms with Gasteiger partial charge in [-0.25, -0.2) is 0 Å². The Bertz CT molecular complexity index is 885. The van der Waals surface area contributed by atoms with Gasteiger partial charge >= 0.3 is 0 Å². The lowest BCUT2D eigenvalue weighted by Gasteiger charge is -2.10. The number of hydrogen-bond acceptors (Lipinski definition) is 3. The number of anilines is 2. The van der Waals surface area contributed by atoms with Gasteiger partial charge in [-0.3, -0.25) is 9.59 Å². The number of amides is 2. The largest absolute Gasteiger partial charge is 0.459 e. The number of carbonyl (C=O) groups is 2. The minimum absolute atomic E-state index is 0.215. The van der Waals surface area contributed by atoms with E-state index >= 15 is 0 Å². The first-order valence-electron chi connectivity index (χ1n) is 8.01. The van der Waals surface area contributed by atoms with Gasteiger partial charge in [-0.1, -0.05) is 31.2 Å². The van der Waals surface area contributed by atoms with Gasteiger partial charge in [-0.15, -0.1) is 0 Å². The predicted octanol–water partition coefficient (Wildman–Crippen LogP) is 4.35. The zero-order chi connectivity index (χ0) is 17.6. The Kier molecular flexibility index (Phi) is 4.95. The molecule has 5 heteroatoms. The van der Waals surface area contributed by atoms with Crippen molar-refractivity contribution in [2.75, 3.05) is 10.6 Å². The lowest BCUT2D eigenvalue weighted by Crippen LogP contribution is -2.15. The molecular weight excluding hydrogens is 316 g/mol. The van der Waals surface area contributed by atoms with Crippen LogP contribution in [0.4, 0.5) is 11.4 Å². The van der Waals surface area contributed by atoms with E-state index in [1.54, 1.807) is 36.4 Å². The van der Waals surface area contributed by atoms with Gasteiger partial charge in [0.1, 0.15) is 0 Å². The number of hydrogen-bond donors (Lipinski definition) is 2. The van der Waals surface area contributed by atoms with E-state index in [0.717, 1.165) is 17.7 Å². The maximum atomic E-state index is 12.5. The van der Waals surface area contributed by atoms with E-state index in [-0.39, 0.29) is 17.6 Å². The third kappa shape index (κ3) is 3.95. The molecule has 0 aliphatic carbocycles. The maximum Gasteiger partial charge on any atom is 0.291 e. The molecule has 0 aliphatic heterocycles. The first kappa shape index (κ1) is 16.5. The van der Waals surface area contributed by atoms with Gasteiger partial charge in [0.15, 0.2) is 5.76 Å². The third-order valence-electron chi connectivity index (χ3n) is 3.77. The highest BCUT2D eigenvalue weighted by Gasteiger charge is 2.12. The van der Waals surface area contributed by atoms with Crippen molar-refractivity contribution in [3.8, 4) is 0 Å². The van der Waals surface area contributed by atoms with Crippen LogP contribution in [0.5, 0.6) is 0 Å². The molecule has 3 aromatic rings. The predicted molar refractivity (Wildman–Crippen MR) is 96.9 cm³/mol. The SMILES string of the molecule is CCc1ccccc1NC(=O)c1cccc(NC(=O)c2ccco2)c1. The summed E-state index contributed by atoms with van der Waals surface area (Å²) in [6.45, 7) is 2.04. The Hall–Kier alpha value is -3.34. The first-order chi connectivity index (χ1) is 12.2. The summed E-state index contributed by atoms with van der Waals surface area (Å²) in [5.74, 6) is -0.374. The second-order valence-electron chi connectivity index (χ2n) is 5.48. The Morgan fingerprint density at radius 1 is 0.920 bits per heavy atom. The van der Waals surface area contributed by atoms with E-state index in [2.05, 4.69) is 10.6 Å². The molecule has 1 heterocycles. The summed E-state index contributed by atoms with van der Waals surface area (Å²) < 4.78 is 5.06. The number of aryl methyl sites for hydroxylation is 1. The molecule has 0 atom stereocenters. The average Bonchev–Trinajstić information content (AvgIpc) is 3.17. The van der Waals surface area contributed by atoms with Crippen LogP contribution in [-0.4, -0.2) is 11.8 Å². The Balaban J connectivity index is 1.74. The summed E-state index contributed by atoms with van der Waals surface area (Å²) >= 11 is 0. The highest BCUT2D eigenvalue weighted by molar-refractivity contribution is 6.06. The number of benzene rings is 2. The first-order valence-corrected chi connectivity index (χ1v) is 8.01. The van der Waals surface area contributed by atoms with Crippen molar-refractivity contribution in [2.24, 2.45) is 0 Å². The van der Waals surface area contributed by atoms with Crippen molar-refractivity contribution >= 4 is 23.2 Å². The number of rotatable bonds is 5. The van der Waals surface area contributed by atoms with Crippen LogP contribution in [0.3, 0.4) is 0 Å². The topological polar surface area (TPSA) is 71.3 Å². The third-order valence-corrected chi connectivity index (χ3v) is 3.77. The van der Waals surface area contributed by atoms with Crippen LogP contribution in [0.15, 0.2) is 71.3 Å². The highest BCUT2D eigenvalue weighted by atomic mass is 16.3. The van der Waals surface area contributed by atoms with Gasteiger partial charge in [-0.2, -0.15) is 0 Å². The highest BCUT2D eigenvalue weighted by Crippen LogP contribution is 2.18. The van der Waals surface area contributed by atoms with Crippen LogP contribution in [0.25, 0.3) is 0 Å². The van der Waals surface area contributed by atoms with Crippen molar-refractivity contribution in [3.63, 3.8) is 0 Å². The average molecular weight is 334 g/mol. The van der Waals surface area contributed by atoms with E-state index in [1.165, 1.54) is 6.26 Å². The minimum atomic E-state index is -0.362. The van der Waals surface area contributed by atoms with Crippen molar-refractivity contribution in [3.05, 3.63) is 83.8 Å². The van der Waals surface area contributed by atoms with E-state index in [9.17, 15) is 9.59 Å². The normalized spacial score (nSPS) is 10.3. The van der Waals surface area contributed by atoms with Gasteiger partial charge in [0.2, 0.25) is 0 Å². The quantitative estimate of drug-likeness (QED) is 0.729. The van der Waals surface area contributed by atoms with Gasteiger partial charge < -0.3 is 15.1 Å². The van der Waals surface area contributed by atoms with E-state index < -0.39 is 0 Å². The number of carbonyl (C=O) groups excluding carboxylic acids is 2. The fourth-order valence-corrected chi connectivity index (χ4v) is 2.48. The van der Waals surface area contributed by atoms with Crippen LogP contribution in [0, 0.1) is 0 Å². The van der Waals surface area contributed by atoms with Gasteiger partial charge in [0.05, 0.1) is 6.26 Å². The Labute approximate surface area is 145 Å². The maximum absolute atomic E-state index is 12.5. The summed E-state index contributed by atoms with van der Waals surface area (Å²) in [6, 6.07) is 17.7. The van der Waals surface area contributed by atoms with Crippen molar-refractivity contribution in [1.29, 1.82) is 0 Å². The fraction of sp³-hybridized carbons (Fsp3) is 0.100. The number of para-hydroxylation sites is 1. The number of furan rings is 1. The van der Waals surface area contributed by atoms with E-state index in [1.807, 2.05) is 31.2 Å². The fourth-order valence-electron chi connectivity index (χ4n) is 2.48. The smallest absolute Gasteiger partial charge is 0.291 e. The summed E-state index contributed by atoms with van der Waals surface area (Å²) in [5, 5.41) is 5.63. The van der Waals surface area contributed by atoms with Gasteiger partial charge in [0, 0.05) is 16.9 Å². The standard InChI is InChI=1S/C20H18N2O3/c1-2-14-7-3-4-10-17(14)22-19(23)15-8-5-9-16(13-15)21-20(24)18-11-6-12-25-18/h3-13H,2H2,1H3,(H,21,24)(H,22,23). The lowest BCUT2D eigenvalue weighted by molar-refractivity contribution is 0.0993. The molecule has 0 radical (unpaired) electrons. The van der Waals surface area contributed by atoms with Gasteiger partial charge in [-0.05, 0) is 48.4 Å².